The number of nitrogens with one attached hydrogen (secondary N) is 1. The molecule has 2 aromatic rings. The molecule has 5 heteroatoms. The number of hydrogen-bond acceptors (Lipinski definition) is 3. The summed E-state index contributed by atoms with van der Waals surface area (Å²) in [5.74, 6) is 0.0153. The van der Waals surface area contributed by atoms with Crippen LogP contribution in [0.3, 0.4) is 0 Å². The molecule has 0 saturated carbocycles. The Morgan fingerprint density at radius 2 is 1.80 bits per heavy atom. The van der Waals surface area contributed by atoms with Gasteiger partial charge in [0.15, 0.2) is 0 Å². The summed E-state index contributed by atoms with van der Waals surface area (Å²) in [7, 11) is 2.13. The highest BCUT2D eigenvalue weighted by Gasteiger charge is 2.18. The Kier molecular flexibility index (Phi) is 5.95. The van der Waals surface area contributed by atoms with Crippen LogP contribution in [0, 0.1) is 0 Å². The van der Waals surface area contributed by atoms with Gasteiger partial charge >= 0.3 is 0 Å². The summed E-state index contributed by atoms with van der Waals surface area (Å²) < 4.78 is 0. The van der Waals surface area contributed by atoms with Crippen LogP contribution in [0.4, 0.5) is 11.4 Å². The first-order valence-corrected chi connectivity index (χ1v) is 9.06. The highest BCUT2D eigenvalue weighted by molar-refractivity contribution is 6.31. The minimum atomic E-state index is 0.0153. The van der Waals surface area contributed by atoms with Crippen molar-refractivity contribution in [3.05, 3.63) is 59.1 Å². The number of benzene rings is 2. The van der Waals surface area contributed by atoms with E-state index in [-0.39, 0.29) is 5.91 Å². The lowest BCUT2D eigenvalue weighted by molar-refractivity contribution is -0.116. The Balaban J connectivity index is 1.66. The summed E-state index contributed by atoms with van der Waals surface area (Å²) in [4.78, 5) is 17.0. The Labute approximate surface area is 154 Å². The minimum absolute atomic E-state index is 0.0153. The standard InChI is InChI=1S/C20H24ClN3O/c1-23-11-13-24(14-12-23)19-9-8-17(21)15-18(19)22-20(25)10-7-16-5-3-2-4-6-16/h2-6,8-9,15H,7,10-14H2,1H3,(H,22,25). The predicted molar refractivity (Wildman–Crippen MR) is 105 cm³/mol. The third-order valence-corrected chi connectivity index (χ3v) is 4.80. The largest absolute Gasteiger partial charge is 0.367 e. The molecule has 1 saturated heterocycles. The quantitative estimate of drug-likeness (QED) is 0.887. The minimum Gasteiger partial charge on any atom is -0.367 e. The lowest BCUT2D eigenvalue weighted by atomic mass is 10.1. The Morgan fingerprint density at radius 1 is 1.08 bits per heavy atom. The molecule has 1 aliphatic heterocycles. The molecule has 1 amide bonds. The second-order valence-corrected chi connectivity index (χ2v) is 6.92. The Bertz CT molecular complexity index is 712. The number of nitrogens with zero attached hydrogens (tertiary/aromatic N) is 2. The Morgan fingerprint density at radius 3 is 2.52 bits per heavy atom. The SMILES string of the molecule is CN1CCN(c2ccc(Cl)cc2NC(=O)CCc2ccccc2)CC1. The molecule has 0 aliphatic carbocycles. The van der Waals surface area contributed by atoms with Crippen molar-refractivity contribution in [3.8, 4) is 0 Å². The van der Waals surface area contributed by atoms with Gasteiger partial charge in [0.05, 0.1) is 11.4 Å². The molecule has 4 nitrogen and oxygen atoms in total. The van der Waals surface area contributed by atoms with Crippen molar-refractivity contribution in [2.45, 2.75) is 12.8 Å². The number of anilines is 2. The fraction of sp³-hybridized carbons (Fsp3) is 0.350. The van der Waals surface area contributed by atoms with Crippen LogP contribution in [0.25, 0.3) is 0 Å². The molecule has 1 N–H and O–H groups in total. The van der Waals surface area contributed by atoms with E-state index in [0.29, 0.717) is 11.4 Å². The average Bonchev–Trinajstić information content (AvgIpc) is 2.62. The van der Waals surface area contributed by atoms with Gasteiger partial charge in [-0.1, -0.05) is 41.9 Å². The smallest absolute Gasteiger partial charge is 0.224 e. The van der Waals surface area contributed by atoms with Crippen LogP contribution in [-0.2, 0) is 11.2 Å². The molecule has 132 valence electrons. The second kappa shape index (κ2) is 8.37. The third kappa shape index (κ3) is 4.97. The van der Waals surface area contributed by atoms with Crippen LogP contribution in [-0.4, -0.2) is 44.0 Å². The first-order chi connectivity index (χ1) is 12.1. The van der Waals surface area contributed by atoms with Crippen molar-refractivity contribution < 1.29 is 4.79 Å². The van der Waals surface area contributed by atoms with Gasteiger partial charge in [-0.2, -0.15) is 0 Å². The molecule has 0 spiro atoms. The van der Waals surface area contributed by atoms with Gasteiger partial charge in [0.2, 0.25) is 5.91 Å². The number of likely N-dealkylation sites (N-methyl/N-ethyl adjacent to an activating group) is 1. The zero-order valence-corrected chi connectivity index (χ0v) is 15.3. The zero-order valence-electron chi connectivity index (χ0n) is 14.5. The molecule has 0 atom stereocenters. The van der Waals surface area contributed by atoms with Crippen molar-refractivity contribution in [2.24, 2.45) is 0 Å². The van der Waals surface area contributed by atoms with Gasteiger partial charge in [-0.3, -0.25) is 4.79 Å². The van der Waals surface area contributed by atoms with E-state index in [0.717, 1.165) is 44.0 Å². The van der Waals surface area contributed by atoms with Crippen molar-refractivity contribution in [1.29, 1.82) is 0 Å². The maximum Gasteiger partial charge on any atom is 0.224 e. The summed E-state index contributed by atoms with van der Waals surface area (Å²) in [6.45, 7) is 3.93. The summed E-state index contributed by atoms with van der Waals surface area (Å²) in [6.07, 6.45) is 1.19. The first-order valence-electron chi connectivity index (χ1n) is 8.68. The molecule has 0 radical (unpaired) electrons. The van der Waals surface area contributed by atoms with Crippen molar-refractivity contribution in [2.75, 3.05) is 43.4 Å². The van der Waals surface area contributed by atoms with Crippen LogP contribution < -0.4 is 10.2 Å². The molecular weight excluding hydrogens is 334 g/mol. The number of hydrogen-bond donors (Lipinski definition) is 1. The lowest BCUT2D eigenvalue weighted by Crippen LogP contribution is -2.44. The number of amides is 1. The number of halogens is 1. The number of carbonyl (C=O) groups excluding carboxylic acids is 1. The van der Waals surface area contributed by atoms with Crippen LogP contribution in [0.2, 0.25) is 5.02 Å². The molecule has 1 aliphatic rings. The van der Waals surface area contributed by atoms with Gasteiger partial charge in [-0.15, -0.1) is 0 Å². The van der Waals surface area contributed by atoms with E-state index in [1.807, 2.05) is 48.5 Å². The van der Waals surface area contributed by atoms with Gasteiger partial charge in [0, 0.05) is 37.6 Å². The third-order valence-electron chi connectivity index (χ3n) is 4.56. The van der Waals surface area contributed by atoms with Crippen molar-refractivity contribution >= 4 is 28.9 Å². The number of rotatable bonds is 5. The molecular formula is C20H24ClN3O. The van der Waals surface area contributed by atoms with Gasteiger partial charge in [0.1, 0.15) is 0 Å². The monoisotopic (exact) mass is 357 g/mol. The van der Waals surface area contributed by atoms with Crippen LogP contribution >= 0.6 is 11.6 Å². The van der Waals surface area contributed by atoms with Gasteiger partial charge in [-0.25, -0.2) is 0 Å². The van der Waals surface area contributed by atoms with Crippen LogP contribution in [0.5, 0.6) is 0 Å². The molecule has 3 rings (SSSR count). The number of aryl methyl sites for hydroxylation is 1. The van der Waals surface area contributed by atoms with E-state index in [1.165, 1.54) is 5.56 Å². The van der Waals surface area contributed by atoms with E-state index in [4.69, 9.17) is 11.6 Å². The van der Waals surface area contributed by atoms with Gasteiger partial charge in [0.25, 0.3) is 0 Å². The molecule has 25 heavy (non-hydrogen) atoms. The highest BCUT2D eigenvalue weighted by Crippen LogP contribution is 2.30. The molecule has 0 bridgehead atoms. The lowest BCUT2D eigenvalue weighted by Gasteiger charge is -2.35. The fourth-order valence-corrected chi connectivity index (χ4v) is 3.22. The maximum atomic E-state index is 12.4. The predicted octanol–water partition coefficient (Wildman–Crippen LogP) is 3.66. The first kappa shape index (κ1) is 17.8. The second-order valence-electron chi connectivity index (χ2n) is 6.49. The number of carbonyl (C=O) groups is 1. The summed E-state index contributed by atoms with van der Waals surface area (Å²) >= 11 is 6.16. The van der Waals surface area contributed by atoms with E-state index in [9.17, 15) is 4.79 Å². The van der Waals surface area contributed by atoms with E-state index in [1.54, 1.807) is 0 Å². The highest BCUT2D eigenvalue weighted by atomic mass is 35.5. The molecule has 1 heterocycles. The Hall–Kier alpha value is -2.04. The average molecular weight is 358 g/mol. The van der Waals surface area contributed by atoms with Gasteiger partial charge < -0.3 is 15.1 Å². The zero-order chi connectivity index (χ0) is 17.6. The molecule has 0 aromatic heterocycles. The van der Waals surface area contributed by atoms with Crippen molar-refractivity contribution in [3.63, 3.8) is 0 Å². The van der Waals surface area contributed by atoms with Crippen molar-refractivity contribution in [1.82, 2.24) is 4.90 Å². The van der Waals surface area contributed by atoms with E-state index >= 15 is 0 Å². The maximum absolute atomic E-state index is 12.4. The fourth-order valence-electron chi connectivity index (χ4n) is 3.05. The summed E-state index contributed by atoms with van der Waals surface area (Å²) in [5.41, 5.74) is 3.02. The molecule has 0 unspecified atom stereocenters. The van der Waals surface area contributed by atoms with E-state index in [2.05, 4.69) is 22.2 Å². The normalized spacial score (nSPS) is 15.2. The molecule has 1 fully saturated rings. The van der Waals surface area contributed by atoms with E-state index < -0.39 is 0 Å². The van der Waals surface area contributed by atoms with Crippen LogP contribution in [0.15, 0.2) is 48.5 Å². The summed E-state index contributed by atoms with van der Waals surface area (Å²) in [5, 5.41) is 3.69. The topological polar surface area (TPSA) is 35.6 Å². The molecule has 2 aromatic carbocycles. The number of piperazine rings is 1. The summed E-state index contributed by atoms with van der Waals surface area (Å²) in [6, 6.07) is 15.8. The van der Waals surface area contributed by atoms with Crippen LogP contribution in [0.1, 0.15) is 12.0 Å². The van der Waals surface area contributed by atoms with Gasteiger partial charge in [-0.05, 0) is 37.2 Å².